The predicted molar refractivity (Wildman–Crippen MR) is 322 cm³/mol. The number of hydrogen-bond donors (Lipinski definition) is 6. The lowest BCUT2D eigenvalue weighted by Crippen LogP contribution is -2.54. The Morgan fingerprint density at radius 1 is 0.709 bits per heavy atom. The Balaban J connectivity index is 0.849. The van der Waals surface area contributed by atoms with Gasteiger partial charge in [-0.05, 0) is 102 Å². The van der Waals surface area contributed by atoms with E-state index < -0.39 is 39.8 Å². The summed E-state index contributed by atoms with van der Waals surface area (Å²) in [6.07, 6.45) is 13.1. The van der Waals surface area contributed by atoms with Gasteiger partial charge in [-0.1, -0.05) is 48.6 Å². The van der Waals surface area contributed by atoms with Crippen LogP contribution in [0.3, 0.4) is 0 Å². The molecule has 3 aromatic rings. The largest absolute Gasteiger partial charge is 0.378 e. The minimum Gasteiger partial charge on any atom is -0.378 e. The SMILES string of the molecule is Cc1ccc(NC(=O)[C@H](CCCNC(N)=O)NC(=O)[C@@H](NC(=O)CCCC2CCN(CCOCCOCCOCCOCCOCCOCCOCCOCCn3cc(CNCCCCC#Cc4cnc(S(C)(=O)=O)nc4)nn3)CC2)C(C)C)cc1. The van der Waals surface area contributed by atoms with E-state index in [9.17, 15) is 27.6 Å². The van der Waals surface area contributed by atoms with Crippen LogP contribution in [0, 0.1) is 30.6 Å². The normalized spacial score (nSPS) is 13.7. The van der Waals surface area contributed by atoms with E-state index in [1.807, 2.05) is 39.1 Å². The van der Waals surface area contributed by atoms with Gasteiger partial charge in [0.1, 0.15) is 12.1 Å². The molecule has 2 atom stereocenters. The highest BCUT2D eigenvalue weighted by atomic mass is 32.2. The number of piperidine rings is 1. The average molecular weight is 1230 g/mol. The van der Waals surface area contributed by atoms with Crippen molar-refractivity contribution in [2.75, 3.05) is 150 Å². The summed E-state index contributed by atoms with van der Waals surface area (Å²) in [6.45, 7) is 18.6. The fourth-order valence-electron chi connectivity index (χ4n) is 8.68. The highest BCUT2D eigenvalue weighted by Gasteiger charge is 2.29. The Morgan fingerprint density at radius 2 is 1.27 bits per heavy atom. The van der Waals surface area contributed by atoms with Crippen LogP contribution < -0.4 is 32.3 Å². The molecule has 2 aromatic heterocycles. The van der Waals surface area contributed by atoms with Crippen LogP contribution in [0.4, 0.5) is 10.5 Å². The second-order valence-electron chi connectivity index (χ2n) is 21.2. The van der Waals surface area contributed by atoms with Gasteiger partial charge in [0.25, 0.3) is 0 Å². The molecule has 0 aliphatic carbocycles. The number of urea groups is 1. The summed E-state index contributed by atoms with van der Waals surface area (Å²) in [6, 6.07) is 4.97. The van der Waals surface area contributed by atoms with Crippen LogP contribution in [0.2, 0.25) is 0 Å². The number of nitrogens with zero attached hydrogens (tertiary/aromatic N) is 6. The van der Waals surface area contributed by atoms with E-state index in [1.165, 1.54) is 12.4 Å². The third-order valence-electron chi connectivity index (χ3n) is 13.5. The van der Waals surface area contributed by atoms with Crippen LogP contribution in [-0.2, 0) is 75.2 Å². The molecular formula is C59H96N12O14S. The molecular weight excluding hydrogens is 1130 g/mol. The smallest absolute Gasteiger partial charge is 0.312 e. The Labute approximate surface area is 508 Å². The number of hydrogen-bond acceptors (Lipinski definition) is 20. The van der Waals surface area contributed by atoms with Gasteiger partial charge >= 0.3 is 6.03 Å². The first-order chi connectivity index (χ1) is 41.7. The van der Waals surface area contributed by atoms with Gasteiger partial charge < -0.3 is 75.1 Å². The third-order valence-corrected chi connectivity index (χ3v) is 14.4. The van der Waals surface area contributed by atoms with E-state index >= 15 is 0 Å². The number of amides is 5. The number of sulfone groups is 1. The lowest BCUT2D eigenvalue weighted by molar-refractivity contribution is -0.132. The molecule has 86 heavy (non-hydrogen) atoms. The minimum atomic E-state index is -3.42. The van der Waals surface area contributed by atoms with Crippen molar-refractivity contribution in [3.8, 4) is 11.8 Å². The van der Waals surface area contributed by atoms with Gasteiger partial charge in [-0.25, -0.2) is 27.9 Å². The zero-order valence-corrected chi connectivity index (χ0v) is 51.9. The predicted octanol–water partition coefficient (Wildman–Crippen LogP) is 2.82. The van der Waals surface area contributed by atoms with Gasteiger partial charge in [0.15, 0.2) is 0 Å². The van der Waals surface area contributed by atoms with Gasteiger partial charge in [-0.15, -0.1) is 5.10 Å². The number of nitrogens with one attached hydrogen (secondary N) is 5. The Bertz CT molecular complexity index is 2510. The molecule has 1 aliphatic rings. The zero-order valence-electron chi connectivity index (χ0n) is 51.1. The van der Waals surface area contributed by atoms with Crippen molar-refractivity contribution in [1.82, 2.24) is 51.1 Å². The molecule has 27 heteroatoms. The van der Waals surface area contributed by atoms with Gasteiger partial charge in [-0.2, -0.15) is 0 Å². The number of likely N-dealkylation sites (tertiary alicyclic amines) is 1. The standard InChI is InChI=1S/C59H96N12O14S/c1-47(2)55(57(74)66-53(13-10-22-62-58(60)75)56(73)65-51-17-15-48(3)16-18-51)67-54(72)14-9-12-49-19-23-70(24-20-49)25-27-78-29-31-80-33-35-82-37-39-84-41-42-85-40-38-83-36-34-81-32-30-79-28-26-71-46-52(68-69-71)45-61-21-8-6-5-7-11-50-43-63-59(64-44-50)86(4,76)77/h15-18,43-44,46-47,49,53,55,61H,5-6,8-10,12-14,19-42,45H2,1-4H3,(H,65,73)(H,66,74)(H,67,72)(H3,60,62,75)/t53-,55-/m0/s1. The number of anilines is 1. The third kappa shape index (κ3) is 34.5. The molecule has 1 aliphatic heterocycles. The Kier molecular flexibility index (Phi) is 37.7. The lowest BCUT2D eigenvalue weighted by atomic mass is 9.91. The van der Waals surface area contributed by atoms with Crippen LogP contribution >= 0.6 is 0 Å². The van der Waals surface area contributed by atoms with Crippen molar-refractivity contribution in [1.29, 1.82) is 0 Å². The fourth-order valence-corrected chi connectivity index (χ4v) is 9.17. The molecule has 5 amide bonds. The van der Waals surface area contributed by atoms with Crippen molar-refractivity contribution in [3.05, 3.63) is 59.7 Å². The van der Waals surface area contributed by atoms with Gasteiger partial charge in [0.05, 0.1) is 124 Å². The number of aryl methyl sites for hydroxylation is 1. The average Bonchev–Trinajstić information content (AvgIpc) is 4.10. The van der Waals surface area contributed by atoms with E-state index in [0.29, 0.717) is 155 Å². The number of benzene rings is 1. The van der Waals surface area contributed by atoms with E-state index in [0.717, 1.165) is 82.2 Å². The highest BCUT2D eigenvalue weighted by molar-refractivity contribution is 7.90. The maximum atomic E-state index is 13.5. The lowest BCUT2D eigenvalue weighted by Gasteiger charge is -2.31. The number of nitrogens with two attached hydrogens (primary N) is 1. The molecule has 1 saturated heterocycles. The first-order valence-electron chi connectivity index (χ1n) is 30.1. The van der Waals surface area contributed by atoms with E-state index in [-0.39, 0.29) is 29.9 Å². The van der Waals surface area contributed by atoms with Gasteiger partial charge in [0.2, 0.25) is 32.7 Å². The Hall–Kier alpha value is -5.77. The molecule has 0 radical (unpaired) electrons. The molecule has 482 valence electrons. The summed E-state index contributed by atoms with van der Waals surface area (Å²) in [5.41, 5.74) is 8.27. The van der Waals surface area contributed by atoms with Crippen LogP contribution in [0.5, 0.6) is 0 Å². The van der Waals surface area contributed by atoms with Crippen LogP contribution in [0.15, 0.2) is 48.0 Å². The second kappa shape index (κ2) is 44.6. The molecule has 1 fully saturated rings. The maximum Gasteiger partial charge on any atom is 0.312 e. The van der Waals surface area contributed by atoms with E-state index in [4.69, 9.17) is 43.6 Å². The molecule has 0 spiro atoms. The first kappa shape index (κ1) is 72.7. The fraction of sp³-hybridized carbons (Fsp3) is 0.695. The minimum absolute atomic E-state index is 0.194. The van der Waals surface area contributed by atoms with Gasteiger partial charge in [-0.3, -0.25) is 14.4 Å². The number of unbranched alkanes of at least 4 members (excludes halogenated alkanes) is 2. The number of carbonyl (C=O) groups excluding carboxylic acids is 4. The summed E-state index contributed by atoms with van der Waals surface area (Å²) < 4.78 is 69.6. The molecule has 0 unspecified atom stereocenters. The summed E-state index contributed by atoms with van der Waals surface area (Å²) in [5.74, 6) is 5.32. The number of rotatable bonds is 48. The quantitative estimate of drug-likeness (QED) is 0.0269. The summed E-state index contributed by atoms with van der Waals surface area (Å²) in [7, 11) is -3.42. The first-order valence-corrected chi connectivity index (χ1v) is 32.0. The number of aromatic nitrogens is 5. The topological polar surface area (TPSA) is 322 Å². The molecule has 4 rings (SSSR count). The number of carbonyl (C=O) groups is 4. The van der Waals surface area contributed by atoms with Crippen molar-refractivity contribution in [2.24, 2.45) is 17.6 Å². The number of primary amides is 1. The van der Waals surface area contributed by atoms with Gasteiger partial charge in [0, 0.05) is 63.0 Å². The van der Waals surface area contributed by atoms with Crippen LogP contribution in [0.25, 0.3) is 0 Å². The monoisotopic (exact) mass is 1230 g/mol. The van der Waals surface area contributed by atoms with Crippen molar-refractivity contribution in [2.45, 2.75) is 115 Å². The van der Waals surface area contributed by atoms with Crippen molar-refractivity contribution < 1.29 is 65.5 Å². The zero-order chi connectivity index (χ0) is 61.9. The van der Waals surface area contributed by atoms with E-state index in [1.54, 1.807) is 16.8 Å². The molecule has 0 bridgehead atoms. The number of ether oxygens (including phenoxy) is 8. The van der Waals surface area contributed by atoms with Crippen molar-refractivity contribution in [3.63, 3.8) is 0 Å². The van der Waals surface area contributed by atoms with Crippen molar-refractivity contribution >= 4 is 39.3 Å². The summed E-state index contributed by atoms with van der Waals surface area (Å²) in [5, 5.41) is 22.6. The highest BCUT2D eigenvalue weighted by Crippen LogP contribution is 2.23. The molecule has 3 heterocycles. The molecule has 0 saturated carbocycles. The Morgan fingerprint density at radius 3 is 1.81 bits per heavy atom. The maximum absolute atomic E-state index is 13.5. The molecule has 1 aromatic carbocycles. The van der Waals surface area contributed by atoms with Crippen LogP contribution in [-0.4, -0.2) is 219 Å². The molecule has 26 nitrogen and oxygen atoms in total. The van der Waals surface area contributed by atoms with Crippen LogP contribution in [0.1, 0.15) is 94.9 Å². The second-order valence-corrected chi connectivity index (χ2v) is 23.1. The summed E-state index contributed by atoms with van der Waals surface area (Å²) >= 11 is 0. The molecule has 7 N–H and O–H groups in total. The summed E-state index contributed by atoms with van der Waals surface area (Å²) in [4.78, 5) is 61.1. The van der Waals surface area contributed by atoms with E-state index in [2.05, 4.69) is 63.6 Å².